The lowest BCUT2D eigenvalue weighted by atomic mass is 9.95. The van der Waals surface area contributed by atoms with Crippen LogP contribution in [0.25, 0.3) is 0 Å². The van der Waals surface area contributed by atoms with E-state index in [1.165, 1.54) is 6.92 Å². The fourth-order valence-corrected chi connectivity index (χ4v) is 1.64. The Balaban J connectivity index is 3.67. The van der Waals surface area contributed by atoms with E-state index in [1.54, 1.807) is 0 Å². The van der Waals surface area contributed by atoms with E-state index >= 15 is 0 Å². The third-order valence-corrected chi connectivity index (χ3v) is 2.50. The Labute approximate surface area is 104 Å². The number of amides is 1. The molecule has 0 bridgehead atoms. The smallest absolute Gasteiger partial charge is 0.366 e. The maximum absolute atomic E-state index is 12.7. The van der Waals surface area contributed by atoms with E-state index in [0.29, 0.717) is 6.07 Å². The Hall–Kier alpha value is -1.73. The molecule has 0 heterocycles. The number of carbonyl (C=O) groups excluding carboxylic acids is 1. The van der Waals surface area contributed by atoms with Crippen LogP contribution < -0.4 is 5.73 Å². The number of halogens is 6. The highest BCUT2D eigenvalue weighted by Gasteiger charge is 2.40. The molecule has 0 fully saturated rings. The molecule has 1 rings (SSSR count). The van der Waals surface area contributed by atoms with Gasteiger partial charge in [-0.1, -0.05) is 6.92 Å². The standard InChI is InChI=1S/C11H9F6NO/c1-2-5-3-6(9(18)19)8(11(15,16)17)4-7(5)10(12,13)14/h3-4H,2H2,1H3,(H2,18,19). The molecule has 0 aliphatic rings. The molecule has 0 aliphatic carbocycles. The zero-order valence-corrected chi connectivity index (χ0v) is 9.62. The van der Waals surface area contributed by atoms with Gasteiger partial charge in [0.05, 0.1) is 16.7 Å². The third-order valence-electron chi connectivity index (χ3n) is 2.50. The maximum Gasteiger partial charge on any atom is 0.417 e. The van der Waals surface area contributed by atoms with Crippen LogP contribution in [0.4, 0.5) is 26.3 Å². The fraction of sp³-hybridized carbons (Fsp3) is 0.364. The van der Waals surface area contributed by atoms with Crippen LogP contribution in [-0.2, 0) is 18.8 Å². The predicted molar refractivity (Wildman–Crippen MR) is 54.3 cm³/mol. The summed E-state index contributed by atoms with van der Waals surface area (Å²) in [5, 5.41) is 0. The molecule has 0 aromatic heterocycles. The Morgan fingerprint density at radius 1 is 1.05 bits per heavy atom. The van der Waals surface area contributed by atoms with Crippen LogP contribution in [0.2, 0.25) is 0 Å². The van der Waals surface area contributed by atoms with E-state index in [1.807, 2.05) is 0 Å². The molecular formula is C11H9F6NO. The van der Waals surface area contributed by atoms with Gasteiger partial charge in [-0.25, -0.2) is 0 Å². The summed E-state index contributed by atoms with van der Waals surface area (Å²) in [6.45, 7) is 1.34. The first-order valence-corrected chi connectivity index (χ1v) is 5.09. The Morgan fingerprint density at radius 3 is 1.84 bits per heavy atom. The van der Waals surface area contributed by atoms with Crippen molar-refractivity contribution in [2.45, 2.75) is 25.7 Å². The van der Waals surface area contributed by atoms with Crippen LogP contribution in [-0.4, -0.2) is 5.91 Å². The molecule has 1 aromatic carbocycles. The lowest BCUT2D eigenvalue weighted by Crippen LogP contribution is -2.21. The monoisotopic (exact) mass is 285 g/mol. The van der Waals surface area contributed by atoms with E-state index in [2.05, 4.69) is 0 Å². The summed E-state index contributed by atoms with van der Waals surface area (Å²) in [7, 11) is 0. The quantitative estimate of drug-likeness (QED) is 0.832. The number of primary amides is 1. The average molecular weight is 285 g/mol. The largest absolute Gasteiger partial charge is 0.417 e. The maximum atomic E-state index is 12.7. The zero-order valence-electron chi connectivity index (χ0n) is 9.62. The van der Waals surface area contributed by atoms with E-state index in [-0.39, 0.29) is 12.5 Å². The number of hydrogen-bond acceptors (Lipinski definition) is 1. The number of nitrogens with two attached hydrogens (primary N) is 1. The van der Waals surface area contributed by atoms with Crippen molar-refractivity contribution in [3.63, 3.8) is 0 Å². The van der Waals surface area contributed by atoms with Crippen molar-refractivity contribution in [1.29, 1.82) is 0 Å². The molecule has 0 unspecified atom stereocenters. The number of benzene rings is 1. The van der Waals surface area contributed by atoms with Gasteiger partial charge in [0, 0.05) is 0 Å². The van der Waals surface area contributed by atoms with Gasteiger partial charge in [-0.15, -0.1) is 0 Å². The zero-order chi connectivity index (χ0) is 15.0. The van der Waals surface area contributed by atoms with Crippen molar-refractivity contribution < 1.29 is 31.1 Å². The van der Waals surface area contributed by atoms with Gasteiger partial charge in [0.1, 0.15) is 0 Å². The Kier molecular flexibility index (Phi) is 3.83. The van der Waals surface area contributed by atoms with Gasteiger partial charge in [0.2, 0.25) is 5.91 Å². The van der Waals surface area contributed by atoms with Crippen LogP contribution in [0.3, 0.4) is 0 Å². The van der Waals surface area contributed by atoms with Crippen molar-refractivity contribution in [1.82, 2.24) is 0 Å². The van der Waals surface area contributed by atoms with E-state index in [0.717, 1.165) is 0 Å². The molecule has 1 amide bonds. The summed E-state index contributed by atoms with van der Waals surface area (Å²) in [6.07, 6.45) is -10.2. The van der Waals surface area contributed by atoms with E-state index < -0.39 is 40.5 Å². The van der Waals surface area contributed by atoms with E-state index in [4.69, 9.17) is 5.73 Å². The molecule has 0 radical (unpaired) electrons. The fourth-order valence-electron chi connectivity index (χ4n) is 1.64. The van der Waals surface area contributed by atoms with Gasteiger partial charge in [0.15, 0.2) is 0 Å². The summed E-state index contributed by atoms with van der Waals surface area (Å²) < 4.78 is 75.9. The second-order valence-corrected chi connectivity index (χ2v) is 3.77. The van der Waals surface area contributed by atoms with E-state index in [9.17, 15) is 31.1 Å². The first-order chi connectivity index (χ1) is 8.48. The number of carbonyl (C=O) groups is 1. The highest BCUT2D eigenvalue weighted by atomic mass is 19.4. The van der Waals surface area contributed by atoms with Crippen molar-refractivity contribution in [3.05, 3.63) is 34.4 Å². The minimum Gasteiger partial charge on any atom is -0.366 e. The molecule has 19 heavy (non-hydrogen) atoms. The number of aryl methyl sites for hydroxylation is 1. The first kappa shape index (κ1) is 15.3. The van der Waals surface area contributed by atoms with Crippen molar-refractivity contribution in [2.24, 2.45) is 5.73 Å². The lowest BCUT2D eigenvalue weighted by Gasteiger charge is -2.17. The van der Waals surface area contributed by atoms with Crippen LogP contribution in [0.1, 0.15) is 34.0 Å². The van der Waals surface area contributed by atoms with Gasteiger partial charge >= 0.3 is 12.4 Å². The van der Waals surface area contributed by atoms with Crippen LogP contribution >= 0.6 is 0 Å². The SMILES string of the molecule is CCc1cc(C(N)=O)c(C(F)(F)F)cc1C(F)(F)F. The molecule has 0 saturated heterocycles. The lowest BCUT2D eigenvalue weighted by molar-refractivity contribution is -0.143. The summed E-state index contributed by atoms with van der Waals surface area (Å²) >= 11 is 0. The Morgan fingerprint density at radius 2 is 1.53 bits per heavy atom. The number of alkyl halides is 6. The number of hydrogen-bond donors (Lipinski definition) is 1. The predicted octanol–water partition coefficient (Wildman–Crippen LogP) is 3.39. The summed E-state index contributed by atoms with van der Waals surface area (Å²) in [4.78, 5) is 10.9. The molecule has 0 atom stereocenters. The third kappa shape index (κ3) is 3.18. The second kappa shape index (κ2) is 4.75. The van der Waals surface area contributed by atoms with Crippen molar-refractivity contribution in [3.8, 4) is 0 Å². The molecule has 1 aromatic rings. The molecule has 2 N–H and O–H groups in total. The van der Waals surface area contributed by atoms with Gasteiger partial charge in [-0.2, -0.15) is 26.3 Å². The van der Waals surface area contributed by atoms with Crippen molar-refractivity contribution >= 4 is 5.91 Å². The minimum absolute atomic E-state index is 0.0705. The molecule has 106 valence electrons. The molecule has 0 spiro atoms. The van der Waals surface area contributed by atoms with Gasteiger partial charge in [-0.3, -0.25) is 4.79 Å². The van der Waals surface area contributed by atoms with Gasteiger partial charge in [-0.05, 0) is 24.1 Å². The van der Waals surface area contributed by atoms with Crippen LogP contribution in [0.15, 0.2) is 12.1 Å². The Bertz CT molecular complexity index is 503. The minimum atomic E-state index is -5.09. The topological polar surface area (TPSA) is 43.1 Å². The van der Waals surface area contributed by atoms with Crippen LogP contribution in [0, 0.1) is 0 Å². The summed E-state index contributed by atoms with van der Waals surface area (Å²) in [5.41, 5.74) is 0.319. The summed E-state index contributed by atoms with van der Waals surface area (Å²) in [5.74, 6) is -1.42. The molecule has 8 heteroatoms. The highest BCUT2D eigenvalue weighted by Crippen LogP contribution is 2.39. The van der Waals surface area contributed by atoms with Gasteiger partial charge < -0.3 is 5.73 Å². The average Bonchev–Trinajstić information content (AvgIpc) is 2.24. The highest BCUT2D eigenvalue weighted by molar-refractivity contribution is 5.95. The summed E-state index contributed by atoms with van der Waals surface area (Å²) in [6, 6.07) is 0.479. The molecular weight excluding hydrogens is 276 g/mol. The second-order valence-electron chi connectivity index (χ2n) is 3.77. The normalized spacial score (nSPS) is 12.6. The molecule has 2 nitrogen and oxygen atoms in total. The molecule has 0 saturated carbocycles. The van der Waals surface area contributed by atoms with Crippen LogP contribution in [0.5, 0.6) is 0 Å². The number of rotatable bonds is 2. The first-order valence-electron chi connectivity index (χ1n) is 5.09. The molecule has 0 aliphatic heterocycles. The van der Waals surface area contributed by atoms with Crippen molar-refractivity contribution in [2.75, 3.05) is 0 Å². The van der Waals surface area contributed by atoms with Gasteiger partial charge in [0.25, 0.3) is 0 Å².